The fourth-order valence-corrected chi connectivity index (χ4v) is 2.85. The van der Waals surface area contributed by atoms with E-state index in [1.807, 2.05) is 0 Å². The maximum atomic E-state index is 14.1. The molecule has 1 aromatic rings. The van der Waals surface area contributed by atoms with Gasteiger partial charge in [0.2, 0.25) is 5.91 Å². The van der Waals surface area contributed by atoms with Crippen molar-refractivity contribution >= 4 is 11.6 Å². The summed E-state index contributed by atoms with van der Waals surface area (Å²) >= 11 is 0. The Morgan fingerprint density at radius 2 is 2.21 bits per heavy atom. The van der Waals surface area contributed by atoms with E-state index in [1.165, 1.54) is 6.07 Å². The SMILES string of the molecule is O=C1CCc2cc(C(O)C3CCCN3)c(F)cc2N1. The summed E-state index contributed by atoms with van der Waals surface area (Å²) in [7, 11) is 0. The van der Waals surface area contributed by atoms with Crippen LogP contribution in [0.15, 0.2) is 12.1 Å². The second-order valence-corrected chi connectivity index (χ2v) is 5.23. The van der Waals surface area contributed by atoms with Gasteiger partial charge < -0.3 is 15.7 Å². The molecule has 0 radical (unpaired) electrons. The van der Waals surface area contributed by atoms with E-state index in [9.17, 15) is 14.3 Å². The minimum atomic E-state index is -0.828. The monoisotopic (exact) mass is 264 g/mol. The minimum Gasteiger partial charge on any atom is -0.387 e. The first-order valence-electron chi connectivity index (χ1n) is 6.69. The lowest BCUT2D eigenvalue weighted by Gasteiger charge is -2.23. The van der Waals surface area contributed by atoms with Crippen molar-refractivity contribution in [1.29, 1.82) is 0 Å². The van der Waals surface area contributed by atoms with Gasteiger partial charge in [0.1, 0.15) is 5.82 Å². The zero-order chi connectivity index (χ0) is 13.4. The van der Waals surface area contributed by atoms with Gasteiger partial charge >= 0.3 is 0 Å². The molecule has 0 bridgehead atoms. The molecule has 0 saturated carbocycles. The fourth-order valence-electron chi connectivity index (χ4n) is 2.85. The Bertz CT molecular complexity index is 512. The van der Waals surface area contributed by atoms with E-state index in [1.54, 1.807) is 6.07 Å². The predicted molar refractivity (Wildman–Crippen MR) is 69.3 cm³/mol. The van der Waals surface area contributed by atoms with Crippen LogP contribution in [0.5, 0.6) is 0 Å². The zero-order valence-electron chi connectivity index (χ0n) is 10.6. The van der Waals surface area contributed by atoms with Crippen molar-refractivity contribution in [2.75, 3.05) is 11.9 Å². The lowest BCUT2D eigenvalue weighted by Crippen LogP contribution is -2.29. The lowest BCUT2D eigenvalue weighted by molar-refractivity contribution is -0.116. The number of aliphatic hydroxyl groups excluding tert-OH is 1. The molecule has 1 aromatic carbocycles. The van der Waals surface area contributed by atoms with Gasteiger partial charge in [0.05, 0.1) is 6.10 Å². The molecule has 0 spiro atoms. The van der Waals surface area contributed by atoms with Crippen LogP contribution in [0.4, 0.5) is 10.1 Å². The molecule has 2 unspecified atom stereocenters. The number of carbonyl (C=O) groups is 1. The molecule has 2 heterocycles. The van der Waals surface area contributed by atoms with Gasteiger partial charge in [-0.05, 0) is 43.5 Å². The Labute approximate surface area is 111 Å². The highest BCUT2D eigenvalue weighted by molar-refractivity contribution is 5.93. The van der Waals surface area contributed by atoms with Gasteiger partial charge in [0.15, 0.2) is 0 Å². The molecule has 3 rings (SSSR count). The van der Waals surface area contributed by atoms with E-state index in [4.69, 9.17) is 0 Å². The van der Waals surface area contributed by atoms with Crippen molar-refractivity contribution in [3.8, 4) is 0 Å². The molecule has 2 aliphatic heterocycles. The highest BCUT2D eigenvalue weighted by Gasteiger charge is 2.28. The van der Waals surface area contributed by atoms with Crippen LogP contribution >= 0.6 is 0 Å². The molecule has 102 valence electrons. The highest BCUT2D eigenvalue weighted by Crippen LogP contribution is 2.31. The summed E-state index contributed by atoms with van der Waals surface area (Å²) in [5, 5.41) is 16.1. The number of hydrogen-bond donors (Lipinski definition) is 3. The summed E-state index contributed by atoms with van der Waals surface area (Å²) in [6, 6.07) is 2.93. The van der Waals surface area contributed by atoms with Crippen LogP contribution in [-0.4, -0.2) is 23.6 Å². The molecule has 5 heteroatoms. The van der Waals surface area contributed by atoms with Crippen molar-refractivity contribution < 1.29 is 14.3 Å². The summed E-state index contributed by atoms with van der Waals surface area (Å²) in [5.41, 5.74) is 1.76. The molecule has 2 aliphatic rings. The number of carbonyl (C=O) groups excluding carboxylic acids is 1. The summed E-state index contributed by atoms with van der Waals surface area (Å²) in [6.45, 7) is 0.865. The Balaban J connectivity index is 1.91. The molecule has 0 aliphatic carbocycles. The third-order valence-corrected chi connectivity index (χ3v) is 3.92. The van der Waals surface area contributed by atoms with Gasteiger partial charge in [-0.1, -0.05) is 0 Å². The van der Waals surface area contributed by atoms with Crippen molar-refractivity contribution in [3.05, 3.63) is 29.1 Å². The summed E-state index contributed by atoms with van der Waals surface area (Å²) < 4.78 is 14.1. The van der Waals surface area contributed by atoms with Gasteiger partial charge in [-0.15, -0.1) is 0 Å². The number of amides is 1. The number of hydrogen-bond acceptors (Lipinski definition) is 3. The first kappa shape index (κ1) is 12.6. The van der Waals surface area contributed by atoms with Gasteiger partial charge in [0.25, 0.3) is 0 Å². The average molecular weight is 264 g/mol. The summed E-state index contributed by atoms with van der Waals surface area (Å²) in [6.07, 6.45) is 2.04. The third kappa shape index (κ3) is 2.35. The molecule has 1 amide bonds. The zero-order valence-corrected chi connectivity index (χ0v) is 10.6. The smallest absolute Gasteiger partial charge is 0.224 e. The van der Waals surface area contributed by atoms with Crippen LogP contribution in [0.3, 0.4) is 0 Å². The second-order valence-electron chi connectivity index (χ2n) is 5.23. The summed E-state index contributed by atoms with van der Waals surface area (Å²) in [5.74, 6) is -0.542. The second kappa shape index (κ2) is 4.90. The number of halogens is 1. The Kier molecular flexibility index (Phi) is 3.24. The third-order valence-electron chi connectivity index (χ3n) is 3.92. The first-order valence-corrected chi connectivity index (χ1v) is 6.69. The largest absolute Gasteiger partial charge is 0.387 e. The lowest BCUT2D eigenvalue weighted by atomic mass is 9.94. The van der Waals surface area contributed by atoms with Gasteiger partial charge in [-0.3, -0.25) is 4.79 Å². The van der Waals surface area contributed by atoms with Crippen molar-refractivity contribution in [2.45, 2.75) is 37.8 Å². The van der Waals surface area contributed by atoms with Crippen molar-refractivity contribution in [1.82, 2.24) is 5.32 Å². The van der Waals surface area contributed by atoms with E-state index in [2.05, 4.69) is 10.6 Å². The Morgan fingerprint density at radius 1 is 1.37 bits per heavy atom. The maximum Gasteiger partial charge on any atom is 0.224 e. The molecule has 1 fully saturated rings. The molecule has 19 heavy (non-hydrogen) atoms. The van der Waals surface area contributed by atoms with Crippen LogP contribution < -0.4 is 10.6 Å². The topological polar surface area (TPSA) is 61.4 Å². The number of fused-ring (bicyclic) bond motifs is 1. The van der Waals surface area contributed by atoms with Gasteiger partial charge in [-0.25, -0.2) is 4.39 Å². The molecule has 4 nitrogen and oxygen atoms in total. The molecule has 1 saturated heterocycles. The van der Waals surface area contributed by atoms with E-state index < -0.39 is 11.9 Å². The predicted octanol–water partition coefficient (Wildman–Crippen LogP) is 1.50. The molecule has 0 aromatic heterocycles. The Hall–Kier alpha value is -1.46. The number of nitrogens with one attached hydrogen (secondary N) is 2. The minimum absolute atomic E-state index is 0.0780. The van der Waals surface area contributed by atoms with E-state index in [0.717, 1.165) is 24.9 Å². The molecule has 2 atom stereocenters. The average Bonchev–Trinajstić information content (AvgIpc) is 2.91. The number of rotatable bonds is 2. The van der Waals surface area contributed by atoms with Crippen molar-refractivity contribution in [3.63, 3.8) is 0 Å². The Morgan fingerprint density at radius 3 is 2.95 bits per heavy atom. The number of aryl methyl sites for hydroxylation is 1. The van der Waals surface area contributed by atoms with Crippen LogP contribution in [0, 0.1) is 5.82 Å². The highest BCUT2D eigenvalue weighted by atomic mass is 19.1. The number of aliphatic hydroxyl groups is 1. The summed E-state index contributed by atoms with van der Waals surface area (Å²) in [4.78, 5) is 11.3. The van der Waals surface area contributed by atoms with Gasteiger partial charge in [-0.2, -0.15) is 0 Å². The van der Waals surface area contributed by atoms with Crippen molar-refractivity contribution in [2.24, 2.45) is 0 Å². The molecular formula is C14H17FN2O2. The van der Waals surface area contributed by atoms with Gasteiger partial charge in [0, 0.05) is 23.7 Å². The van der Waals surface area contributed by atoms with Crippen LogP contribution in [0.25, 0.3) is 0 Å². The van der Waals surface area contributed by atoms with Crippen LogP contribution in [0.2, 0.25) is 0 Å². The standard InChI is InChI=1S/C14H17FN2O2/c15-10-7-12-8(3-4-13(18)17-12)6-9(10)14(19)11-2-1-5-16-11/h6-7,11,14,16,19H,1-5H2,(H,17,18). The normalized spacial score (nSPS) is 23.9. The van der Waals surface area contributed by atoms with E-state index >= 15 is 0 Å². The quantitative estimate of drug-likeness (QED) is 0.758. The van der Waals surface area contributed by atoms with E-state index in [-0.39, 0.29) is 11.9 Å². The maximum absolute atomic E-state index is 14.1. The molecule has 3 N–H and O–H groups in total. The first-order chi connectivity index (χ1) is 9.15. The van der Waals surface area contributed by atoms with Crippen LogP contribution in [-0.2, 0) is 11.2 Å². The number of benzene rings is 1. The van der Waals surface area contributed by atoms with Crippen LogP contribution in [0.1, 0.15) is 36.5 Å². The number of anilines is 1. The van der Waals surface area contributed by atoms with E-state index in [0.29, 0.717) is 24.1 Å². The molecular weight excluding hydrogens is 247 g/mol. The fraction of sp³-hybridized carbons (Fsp3) is 0.500.